The van der Waals surface area contributed by atoms with E-state index in [4.69, 9.17) is 9.47 Å². The Morgan fingerprint density at radius 3 is 2.53 bits per heavy atom. The van der Waals surface area contributed by atoms with E-state index in [0.717, 1.165) is 19.6 Å². The minimum Gasteiger partial charge on any atom is -0.353 e. The molecule has 0 aliphatic carbocycles. The smallest absolute Gasteiger partial charge is 0.157 e. The molecule has 0 aromatic heterocycles. The predicted octanol–water partition coefficient (Wildman–Crippen LogP) is 5.23. The molecule has 2 nitrogen and oxygen atoms in total. The van der Waals surface area contributed by atoms with Crippen molar-refractivity contribution in [1.82, 2.24) is 0 Å². The van der Waals surface area contributed by atoms with Gasteiger partial charge in [0.1, 0.15) is 0 Å². The normalized spacial score (nSPS) is 20.2. The zero-order valence-electron chi connectivity index (χ0n) is 12.7. The number of ether oxygens (including phenoxy) is 2. The molecule has 1 rings (SSSR count). The van der Waals surface area contributed by atoms with Crippen molar-refractivity contribution < 1.29 is 9.47 Å². The van der Waals surface area contributed by atoms with Gasteiger partial charge in [-0.25, -0.2) is 0 Å². The van der Waals surface area contributed by atoms with E-state index in [0.29, 0.717) is 0 Å². The van der Waals surface area contributed by atoms with E-state index in [1.54, 1.807) is 0 Å². The molecule has 0 bridgehead atoms. The van der Waals surface area contributed by atoms with Crippen molar-refractivity contribution in [3.05, 3.63) is 12.2 Å². The lowest BCUT2D eigenvalue weighted by molar-refractivity contribution is -0.162. The van der Waals surface area contributed by atoms with Crippen molar-refractivity contribution in [1.29, 1.82) is 0 Å². The molecular formula is C17H32O2. The van der Waals surface area contributed by atoms with Crippen LogP contribution in [0.3, 0.4) is 0 Å². The largest absolute Gasteiger partial charge is 0.353 e. The van der Waals surface area contributed by atoms with Crippen LogP contribution in [0.5, 0.6) is 0 Å². The Kier molecular flexibility index (Phi) is 11.2. The lowest BCUT2D eigenvalue weighted by Crippen LogP contribution is -2.22. The van der Waals surface area contributed by atoms with Gasteiger partial charge in [0, 0.05) is 13.2 Å². The van der Waals surface area contributed by atoms with Gasteiger partial charge in [-0.3, -0.25) is 0 Å². The fraction of sp³-hybridized carbons (Fsp3) is 0.882. The Labute approximate surface area is 119 Å². The van der Waals surface area contributed by atoms with E-state index in [-0.39, 0.29) is 6.29 Å². The minimum absolute atomic E-state index is 0.0928. The van der Waals surface area contributed by atoms with Crippen LogP contribution in [0, 0.1) is 0 Å². The monoisotopic (exact) mass is 268 g/mol. The average Bonchev–Trinajstić information content (AvgIpc) is 2.46. The van der Waals surface area contributed by atoms with Crippen LogP contribution < -0.4 is 0 Å². The Morgan fingerprint density at radius 2 is 1.79 bits per heavy atom. The van der Waals surface area contributed by atoms with Crippen LogP contribution in [0.1, 0.15) is 77.6 Å². The number of hydrogen-bond acceptors (Lipinski definition) is 2. The van der Waals surface area contributed by atoms with E-state index in [1.807, 2.05) is 0 Å². The molecule has 1 unspecified atom stereocenters. The molecule has 0 aromatic carbocycles. The number of rotatable bonds is 11. The topological polar surface area (TPSA) is 18.5 Å². The SMILES string of the molecule is CCCC/C=C\CCCCCCOC1CCCCO1. The molecule has 0 saturated carbocycles. The summed E-state index contributed by atoms with van der Waals surface area (Å²) in [6.45, 7) is 4.00. The van der Waals surface area contributed by atoms with Crippen molar-refractivity contribution in [3.8, 4) is 0 Å². The molecule has 0 spiro atoms. The first-order valence-electron chi connectivity index (χ1n) is 8.31. The molecule has 1 saturated heterocycles. The molecule has 0 amide bonds. The Bertz CT molecular complexity index is 207. The molecule has 0 radical (unpaired) electrons. The Hall–Kier alpha value is -0.340. The summed E-state index contributed by atoms with van der Waals surface area (Å²) in [5.74, 6) is 0. The summed E-state index contributed by atoms with van der Waals surface area (Å²) in [4.78, 5) is 0. The Balaban J connectivity index is 1.77. The summed E-state index contributed by atoms with van der Waals surface area (Å²) in [6, 6.07) is 0. The van der Waals surface area contributed by atoms with Gasteiger partial charge in [-0.05, 0) is 44.9 Å². The summed E-state index contributed by atoms with van der Waals surface area (Å²) in [5.41, 5.74) is 0. The highest BCUT2D eigenvalue weighted by molar-refractivity contribution is 4.81. The summed E-state index contributed by atoms with van der Waals surface area (Å²) < 4.78 is 11.3. The van der Waals surface area contributed by atoms with Crippen molar-refractivity contribution in [2.45, 2.75) is 83.8 Å². The fourth-order valence-corrected chi connectivity index (χ4v) is 2.33. The van der Waals surface area contributed by atoms with Gasteiger partial charge in [0.15, 0.2) is 6.29 Å². The van der Waals surface area contributed by atoms with Gasteiger partial charge >= 0.3 is 0 Å². The highest BCUT2D eigenvalue weighted by atomic mass is 16.7. The molecule has 1 fully saturated rings. The second-order valence-electron chi connectivity index (χ2n) is 5.48. The van der Waals surface area contributed by atoms with Gasteiger partial charge in [-0.2, -0.15) is 0 Å². The predicted molar refractivity (Wildman–Crippen MR) is 81.3 cm³/mol. The first-order chi connectivity index (χ1) is 9.43. The van der Waals surface area contributed by atoms with E-state index in [9.17, 15) is 0 Å². The molecule has 1 aliphatic rings. The zero-order chi connectivity index (χ0) is 13.6. The summed E-state index contributed by atoms with van der Waals surface area (Å²) in [6.07, 6.45) is 18.6. The summed E-state index contributed by atoms with van der Waals surface area (Å²) in [5, 5.41) is 0. The first kappa shape index (κ1) is 16.7. The molecule has 0 aromatic rings. The van der Waals surface area contributed by atoms with Crippen LogP contribution in [-0.2, 0) is 9.47 Å². The standard InChI is InChI=1S/C17H32O2/c1-2-3-4-5-6-7-8-9-10-12-15-18-17-14-11-13-16-19-17/h5-6,17H,2-4,7-16H2,1H3/b6-5-. The van der Waals surface area contributed by atoms with Gasteiger partial charge in [0.2, 0.25) is 0 Å². The maximum Gasteiger partial charge on any atom is 0.157 e. The summed E-state index contributed by atoms with van der Waals surface area (Å²) in [7, 11) is 0. The second kappa shape index (κ2) is 12.7. The van der Waals surface area contributed by atoms with Crippen molar-refractivity contribution in [3.63, 3.8) is 0 Å². The molecule has 1 atom stereocenters. The Morgan fingerprint density at radius 1 is 1.00 bits per heavy atom. The third-order valence-electron chi connectivity index (χ3n) is 3.60. The second-order valence-corrected chi connectivity index (χ2v) is 5.48. The van der Waals surface area contributed by atoms with Crippen LogP contribution in [0.4, 0.5) is 0 Å². The molecule has 19 heavy (non-hydrogen) atoms. The maximum atomic E-state index is 5.72. The quantitative estimate of drug-likeness (QED) is 0.377. The van der Waals surface area contributed by atoms with E-state index >= 15 is 0 Å². The van der Waals surface area contributed by atoms with Crippen LogP contribution in [0.25, 0.3) is 0 Å². The van der Waals surface area contributed by atoms with Crippen LogP contribution in [0.15, 0.2) is 12.2 Å². The lowest BCUT2D eigenvalue weighted by atomic mass is 10.1. The molecule has 1 aliphatic heterocycles. The van der Waals surface area contributed by atoms with E-state index in [1.165, 1.54) is 64.2 Å². The summed E-state index contributed by atoms with van der Waals surface area (Å²) >= 11 is 0. The molecule has 112 valence electrons. The highest BCUT2D eigenvalue weighted by Crippen LogP contribution is 2.14. The van der Waals surface area contributed by atoms with E-state index < -0.39 is 0 Å². The van der Waals surface area contributed by atoms with Crippen LogP contribution in [0.2, 0.25) is 0 Å². The zero-order valence-corrected chi connectivity index (χ0v) is 12.7. The lowest BCUT2D eigenvalue weighted by Gasteiger charge is -2.22. The number of hydrogen-bond donors (Lipinski definition) is 0. The van der Waals surface area contributed by atoms with Gasteiger partial charge < -0.3 is 9.47 Å². The minimum atomic E-state index is 0.0928. The molecule has 1 heterocycles. The van der Waals surface area contributed by atoms with Crippen molar-refractivity contribution >= 4 is 0 Å². The van der Waals surface area contributed by atoms with Crippen LogP contribution in [-0.4, -0.2) is 19.5 Å². The molecule has 0 N–H and O–H groups in total. The van der Waals surface area contributed by atoms with Gasteiger partial charge in [0.25, 0.3) is 0 Å². The number of unbranched alkanes of at least 4 members (excludes halogenated alkanes) is 6. The third kappa shape index (κ3) is 10.1. The van der Waals surface area contributed by atoms with Gasteiger partial charge in [0.05, 0.1) is 0 Å². The van der Waals surface area contributed by atoms with Crippen molar-refractivity contribution in [2.75, 3.05) is 13.2 Å². The molecular weight excluding hydrogens is 236 g/mol. The maximum absolute atomic E-state index is 5.72. The number of allylic oxidation sites excluding steroid dienone is 2. The van der Waals surface area contributed by atoms with Crippen LogP contribution >= 0.6 is 0 Å². The first-order valence-corrected chi connectivity index (χ1v) is 8.31. The van der Waals surface area contributed by atoms with E-state index in [2.05, 4.69) is 19.1 Å². The van der Waals surface area contributed by atoms with Gasteiger partial charge in [-0.1, -0.05) is 44.8 Å². The third-order valence-corrected chi connectivity index (χ3v) is 3.60. The highest BCUT2D eigenvalue weighted by Gasteiger charge is 2.12. The average molecular weight is 268 g/mol. The fourth-order valence-electron chi connectivity index (χ4n) is 2.33. The van der Waals surface area contributed by atoms with Crippen molar-refractivity contribution in [2.24, 2.45) is 0 Å². The van der Waals surface area contributed by atoms with Gasteiger partial charge in [-0.15, -0.1) is 0 Å². The molecule has 2 heteroatoms.